The summed E-state index contributed by atoms with van der Waals surface area (Å²) in [7, 11) is 0. The summed E-state index contributed by atoms with van der Waals surface area (Å²) >= 11 is 5.01. The molecule has 116 valence electrons. The molecular weight excluding hydrogens is 364 g/mol. The predicted molar refractivity (Wildman–Crippen MR) is 93.2 cm³/mol. The van der Waals surface area contributed by atoms with Crippen LogP contribution >= 0.6 is 27.3 Å². The summed E-state index contributed by atoms with van der Waals surface area (Å²) in [5, 5.41) is 4.81. The predicted octanol–water partition coefficient (Wildman–Crippen LogP) is 3.22. The summed E-state index contributed by atoms with van der Waals surface area (Å²) in [6.45, 7) is 2.38. The van der Waals surface area contributed by atoms with Crippen molar-refractivity contribution in [1.29, 1.82) is 0 Å². The minimum absolute atomic E-state index is 0.0296. The minimum atomic E-state index is -0.0561. The second kappa shape index (κ2) is 8.10. The molecule has 0 radical (unpaired) electrons. The van der Waals surface area contributed by atoms with Gasteiger partial charge in [-0.2, -0.15) is 0 Å². The van der Waals surface area contributed by atoms with Crippen molar-refractivity contribution in [2.75, 3.05) is 18.0 Å². The number of benzene rings is 1. The molecule has 0 aliphatic carbocycles. The molecule has 6 heteroatoms. The van der Waals surface area contributed by atoms with Crippen LogP contribution in [0, 0.1) is 0 Å². The first kappa shape index (κ1) is 16.7. The highest BCUT2D eigenvalue weighted by Gasteiger charge is 2.14. The van der Waals surface area contributed by atoms with E-state index in [-0.39, 0.29) is 11.8 Å². The van der Waals surface area contributed by atoms with Crippen molar-refractivity contribution in [3.05, 3.63) is 51.1 Å². The molecule has 0 bridgehead atoms. The third kappa shape index (κ3) is 4.68. The number of nitrogens with zero attached hydrogens (tertiary/aromatic N) is 1. The highest BCUT2D eigenvalue weighted by atomic mass is 79.9. The van der Waals surface area contributed by atoms with E-state index < -0.39 is 0 Å². The zero-order valence-electron chi connectivity index (χ0n) is 12.2. The Morgan fingerprint density at radius 2 is 2.00 bits per heavy atom. The van der Waals surface area contributed by atoms with Crippen molar-refractivity contribution < 1.29 is 9.59 Å². The molecule has 1 aromatic heterocycles. The van der Waals surface area contributed by atoms with E-state index in [9.17, 15) is 9.59 Å². The first-order valence-corrected chi connectivity index (χ1v) is 8.57. The molecule has 1 aromatic carbocycles. The lowest BCUT2D eigenvalue weighted by atomic mass is 10.2. The van der Waals surface area contributed by atoms with Gasteiger partial charge in [0, 0.05) is 29.4 Å². The first-order chi connectivity index (χ1) is 10.6. The Hall–Kier alpha value is -1.66. The fraction of sp³-hybridized carbons (Fsp3) is 0.250. The van der Waals surface area contributed by atoms with E-state index in [4.69, 9.17) is 0 Å². The normalized spacial score (nSPS) is 10.3. The summed E-state index contributed by atoms with van der Waals surface area (Å²) in [5.74, 6) is -0.0857. The lowest BCUT2D eigenvalue weighted by molar-refractivity contribution is -0.120. The van der Waals surface area contributed by atoms with Crippen molar-refractivity contribution in [2.45, 2.75) is 13.3 Å². The minimum Gasteiger partial charge on any atom is -0.354 e. The number of para-hydroxylation sites is 1. The van der Waals surface area contributed by atoms with E-state index in [1.54, 1.807) is 16.2 Å². The van der Waals surface area contributed by atoms with Gasteiger partial charge in [0.05, 0.1) is 12.1 Å². The van der Waals surface area contributed by atoms with Crippen LogP contribution in [-0.2, 0) is 16.0 Å². The third-order valence-corrected chi connectivity index (χ3v) is 4.64. The quantitative estimate of drug-likeness (QED) is 0.836. The van der Waals surface area contributed by atoms with E-state index >= 15 is 0 Å². The van der Waals surface area contributed by atoms with E-state index in [0.717, 1.165) is 15.0 Å². The SMILES string of the molecule is CC(=O)N(CCNC(=O)Cc1cccs1)c1ccccc1Br. The summed E-state index contributed by atoms with van der Waals surface area (Å²) in [5.41, 5.74) is 0.808. The molecule has 2 rings (SSSR count). The number of carbonyl (C=O) groups excluding carboxylic acids is 2. The van der Waals surface area contributed by atoms with Crippen LogP contribution in [0.25, 0.3) is 0 Å². The summed E-state index contributed by atoms with van der Waals surface area (Å²) in [6, 6.07) is 11.4. The highest BCUT2D eigenvalue weighted by molar-refractivity contribution is 9.10. The molecule has 4 nitrogen and oxygen atoms in total. The Balaban J connectivity index is 1.89. The molecule has 2 aromatic rings. The zero-order chi connectivity index (χ0) is 15.9. The van der Waals surface area contributed by atoms with Gasteiger partial charge in [0.15, 0.2) is 0 Å². The Bertz CT molecular complexity index is 643. The fourth-order valence-corrected chi connectivity index (χ4v) is 3.26. The van der Waals surface area contributed by atoms with E-state index in [1.165, 1.54) is 6.92 Å². The Morgan fingerprint density at radius 1 is 1.23 bits per heavy atom. The number of hydrogen-bond acceptors (Lipinski definition) is 3. The summed E-state index contributed by atoms with van der Waals surface area (Å²) < 4.78 is 0.857. The molecule has 0 aliphatic rings. The van der Waals surface area contributed by atoms with E-state index in [1.807, 2.05) is 41.8 Å². The molecule has 2 amide bonds. The Labute approximate surface area is 142 Å². The third-order valence-electron chi connectivity index (χ3n) is 3.10. The van der Waals surface area contributed by atoms with Gasteiger partial charge >= 0.3 is 0 Å². The Morgan fingerprint density at radius 3 is 2.64 bits per heavy atom. The topological polar surface area (TPSA) is 49.4 Å². The molecule has 0 atom stereocenters. The number of carbonyl (C=O) groups is 2. The number of amides is 2. The standard InChI is InChI=1S/C16H17BrN2O2S/c1-12(20)19(15-7-3-2-6-14(15)17)9-8-18-16(21)11-13-5-4-10-22-13/h2-7,10H,8-9,11H2,1H3,(H,18,21). The van der Waals surface area contributed by atoms with Crippen LogP contribution in [0.1, 0.15) is 11.8 Å². The molecule has 1 N–H and O–H groups in total. The van der Waals surface area contributed by atoms with Crippen molar-refractivity contribution in [3.8, 4) is 0 Å². The second-order valence-electron chi connectivity index (χ2n) is 4.73. The zero-order valence-corrected chi connectivity index (χ0v) is 14.6. The van der Waals surface area contributed by atoms with Gasteiger partial charge in [0.1, 0.15) is 0 Å². The number of halogens is 1. The molecule has 0 saturated carbocycles. The van der Waals surface area contributed by atoms with Gasteiger partial charge < -0.3 is 10.2 Å². The van der Waals surface area contributed by atoms with Crippen LogP contribution in [-0.4, -0.2) is 24.9 Å². The number of hydrogen-bond donors (Lipinski definition) is 1. The van der Waals surface area contributed by atoms with Crippen LogP contribution < -0.4 is 10.2 Å². The molecule has 0 spiro atoms. The maximum Gasteiger partial charge on any atom is 0.225 e. The maximum absolute atomic E-state index is 11.8. The molecule has 22 heavy (non-hydrogen) atoms. The lowest BCUT2D eigenvalue weighted by Crippen LogP contribution is -2.38. The van der Waals surface area contributed by atoms with Crippen LogP contribution in [0.4, 0.5) is 5.69 Å². The first-order valence-electron chi connectivity index (χ1n) is 6.89. The van der Waals surface area contributed by atoms with E-state index in [0.29, 0.717) is 19.5 Å². The monoisotopic (exact) mass is 380 g/mol. The molecule has 1 heterocycles. The average Bonchev–Trinajstić information content (AvgIpc) is 2.97. The summed E-state index contributed by atoms with van der Waals surface area (Å²) in [6.07, 6.45) is 0.382. The van der Waals surface area contributed by atoms with Gasteiger partial charge in [-0.25, -0.2) is 0 Å². The molecule has 0 unspecified atom stereocenters. The molecule has 0 aliphatic heterocycles. The van der Waals surface area contributed by atoms with Gasteiger partial charge in [-0.05, 0) is 39.5 Å². The second-order valence-corrected chi connectivity index (χ2v) is 6.61. The molecule has 0 saturated heterocycles. The fourth-order valence-electron chi connectivity index (χ4n) is 2.06. The van der Waals surface area contributed by atoms with Crippen LogP contribution in [0.2, 0.25) is 0 Å². The van der Waals surface area contributed by atoms with Gasteiger partial charge in [-0.1, -0.05) is 18.2 Å². The Kier molecular flexibility index (Phi) is 6.15. The van der Waals surface area contributed by atoms with Crippen LogP contribution in [0.5, 0.6) is 0 Å². The summed E-state index contributed by atoms with van der Waals surface area (Å²) in [4.78, 5) is 26.4. The van der Waals surface area contributed by atoms with Gasteiger partial charge in [-0.15, -0.1) is 11.3 Å². The van der Waals surface area contributed by atoms with Crippen molar-refractivity contribution in [2.24, 2.45) is 0 Å². The van der Waals surface area contributed by atoms with Crippen LogP contribution in [0.3, 0.4) is 0 Å². The molecular formula is C16H17BrN2O2S. The highest BCUT2D eigenvalue weighted by Crippen LogP contribution is 2.25. The van der Waals surface area contributed by atoms with E-state index in [2.05, 4.69) is 21.2 Å². The average molecular weight is 381 g/mol. The smallest absolute Gasteiger partial charge is 0.225 e. The van der Waals surface area contributed by atoms with Crippen LogP contribution in [0.15, 0.2) is 46.3 Å². The molecule has 0 fully saturated rings. The maximum atomic E-state index is 11.8. The lowest BCUT2D eigenvalue weighted by Gasteiger charge is -2.22. The van der Waals surface area contributed by atoms with Crippen molar-refractivity contribution >= 4 is 44.8 Å². The van der Waals surface area contributed by atoms with Crippen molar-refractivity contribution in [3.63, 3.8) is 0 Å². The number of thiophene rings is 1. The van der Waals surface area contributed by atoms with Gasteiger partial charge in [0.25, 0.3) is 0 Å². The number of nitrogens with one attached hydrogen (secondary N) is 1. The van der Waals surface area contributed by atoms with Gasteiger partial charge in [0.2, 0.25) is 11.8 Å². The largest absolute Gasteiger partial charge is 0.354 e. The van der Waals surface area contributed by atoms with Gasteiger partial charge in [-0.3, -0.25) is 9.59 Å². The van der Waals surface area contributed by atoms with Crippen molar-refractivity contribution in [1.82, 2.24) is 5.32 Å². The number of anilines is 1. The number of rotatable bonds is 6.